The molecule has 2 aliphatic rings. The average molecular weight is 486 g/mol. The smallest absolute Gasteiger partial charge is 0.223 e. The molecule has 186 valence electrons. The third-order valence-corrected chi connectivity index (χ3v) is 6.64. The summed E-state index contributed by atoms with van der Waals surface area (Å²) in [7, 11) is 2.65. The number of hydrogen-bond acceptors (Lipinski definition) is 8. The van der Waals surface area contributed by atoms with Crippen molar-refractivity contribution in [3.63, 3.8) is 0 Å². The topological polar surface area (TPSA) is 90.4 Å². The molecule has 5 rings (SSSR count). The molecule has 35 heavy (non-hydrogen) atoms. The molecule has 2 aliphatic heterocycles. The van der Waals surface area contributed by atoms with E-state index in [9.17, 15) is 0 Å². The molecule has 0 aliphatic carbocycles. The minimum atomic E-state index is -0.828. The number of nitrogens with one attached hydrogen (secondary N) is 2. The normalized spacial score (nSPS) is 19.0. The van der Waals surface area contributed by atoms with Gasteiger partial charge in [-0.2, -0.15) is 0 Å². The Kier molecular flexibility index (Phi) is 6.92. The number of anilines is 1. The van der Waals surface area contributed by atoms with Crippen LogP contribution in [0.25, 0.3) is 22.2 Å². The minimum absolute atomic E-state index is 0.0955. The summed E-state index contributed by atoms with van der Waals surface area (Å²) in [6.45, 7) is 3.05. The molecule has 0 amide bonds. The van der Waals surface area contributed by atoms with E-state index >= 15 is 8.78 Å². The van der Waals surface area contributed by atoms with Crippen molar-refractivity contribution in [1.82, 2.24) is 20.3 Å². The zero-order valence-electron chi connectivity index (χ0n) is 19.9. The molecule has 1 atom stereocenters. The predicted octanol–water partition coefficient (Wildman–Crippen LogP) is 4.05. The van der Waals surface area contributed by atoms with Crippen molar-refractivity contribution in [2.45, 2.75) is 37.6 Å². The maximum Gasteiger partial charge on any atom is 0.223 e. The van der Waals surface area contributed by atoms with Crippen LogP contribution in [0.4, 0.5) is 14.7 Å². The van der Waals surface area contributed by atoms with Gasteiger partial charge in [0.15, 0.2) is 23.1 Å². The van der Waals surface area contributed by atoms with Crippen molar-refractivity contribution in [1.29, 1.82) is 0 Å². The third kappa shape index (κ3) is 4.72. The summed E-state index contributed by atoms with van der Waals surface area (Å²) in [4.78, 5) is 14.1. The number of halogens is 2. The van der Waals surface area contributed by atoms with Gasteiger partial charge in [0, 0.05) is 30.2 Å². The number of methoxy groups -OCH3 is 2. The van der Waals surface area contributed by atoms with Gasteiger partial charge in [0.25, 0.3) is 0 Å². The average Bonchev–Trinajstić information content (AvgIpc) is 2.90. The fourth-order valence-corrected chi connectivity index (χ4v) is 4.79. The Bertz CT molecular complexity index is 1190. The first kappa shape index (κ1) is 23.6. The summed E-state index contributed by atoms with van der Waals surface area (Å²) >= 11 is 0. The van der Waals surface area contributed by atoms with E-state index in [0.29, 0.717) is 29.2 Å². The fraction of sp³-hybridized carbons (Fsp3) is 0.480. The Labute approximate surface area is 202 Å². The summed E-state index contributed by atoms with van der Waals surface area (Å²) in [5.74, 6) is -1.30. The molecule has 8 nitrogen and oxygen atoms in total. The first-order chi connectivity index (χ1) is 17.1. The van der Waals surface area contributed by atoms with Gasteiger partial charge in [-0.05, 0) is 44.8 Å². The number of piperidine rings is 1. The van der Waals surface area contributed by atoms with E-state index in [1.165, 1.54) is 20.3 Å². The molecular weight excluding hydrogens is 456 g/mol. The minimum Gasteiger partial charge on any atom is -0.494 e. The van der Waals surface area contributed by atoms with E-state index in [1.807, 2.05) is 0 Å². The van der Waals surface area contributed by atoms with Gasteiger partial charge in [-0.3, -0.25) is 4.98 Å². The molecule has 2 saturated heterocycles. The molecule has 0 spiro atoms. The van der Waals surface area contributed by atoms with E-state index in [-0.39, 0.29) is 34.7 Å². The zero-order chi connectivity index (χ0) is 24.4. The molecule has 0 saturated carbocycles. The summed E-state index contributed by atoms with van der Waals surface area (Å²) in [6, 6.07) is 2.95. The molecule has 2 N–H and O–H groups in total. The summed E-state index contributed by atoms with van der Waals surface area (Å²) in [6.07, 6.45) is 5.34. The van der Waals surface area contributed by atoms with E-state index in [4.69, 9.17) is 24.2 Å². The number of benzene rings is 1. The van der Waals surface area contributed by atoms with E-state index in [0.717, 1.165) is 45.4 Å². The number of fused-ring (bicyclic) bond motifs is 1. The quantitative estimate of drug-likeness (QED) is 0.541. The largest absolute Gasteiger partial charge is 0.494 e. The molecule has 2 aromatic heterocycles. The van der Waals surface area contributed by atoms with Crippen LogP contribution in [0.2, 0.25) is 0 Å². The number of pyridine rings is 1. The Morgan fingerprint density at radius 2 is 1.77 bits per heavy atom. The van der Waals surface area contributed by atoms with Gasteiger partial charge in [-0.25, -0.2) is 18.7 Å². The second-order valence-electron chi connectivity index (χ2n) is 8.89. The SMILES string of the molecule is COc1cc(OC)c(F)c(-c2cc3cnc(N[C@H]4CCCOC4)nc3c(C3CCNCC3)n2)c1F. The van der Waals surface area contributed by atoms with Crippen LogP contribution in [0, 0.1) is 11.6 Å². The van der Waals surface area contributed by atoms with Crippen molar-refractivity contribution in [3.8, 4) is 22.8 Å². The molecular formula is C25H29F2N5O3. The lowest BCUT2D eigenvalue weighted by molar-refractivity contribution is 0.0874. The Morgan fingerprint density at radius 3 is 2.43 bits per heavy atom. The molecule has 4 heterocycles. The molecule has 3 aromatic rings. The highest BCUT2D eigenvalue weighted by atomic mass is 19.1. The first-order valence-corrected chi connectivity index (χ1v) is 11.9. The van der Waals surface area contributed by atoms with Gasteiger partial charge in [0.2, 0.25) is 5.95 Å². The number of aromatic nitrogens is 3. The van der Waals surface area contributed by atoms with Crippen LogP contribution in [-0.2, 0) is 4.74 Å². The standard InChI is InChI=1S/C25H29F2N5O3/c1-33-18-11-19(34-2)22(27)20(21(18)26)17-10-15-12-29-25(30-16-4-3-9-35-13-16)32-24(15)23(31-17)14-5-7-28-8-6-14/h10-12,14,16,28H,3-9,13H2,1-2H3,(H,29,30,32)/t16-/m0/s1. The summed E-state index contributed by atoms with van der Waals surface area (Å²) in [5.41, 5.74) is 1.26. The number of ether oxygens (including phenoxy) is 3. The molecule has 0 unspecified atom stereocenters. The van der Waals surface area contributed by atoms with Crippen LogP contribution in [0.3, 0.4) is 0 Å². The van der Waals surface area contributed by atoms with Crippen LogP contribution >= 0.6 is 0 Å². The Balaban J connectivity index is 1.64. The monoisotopic (exact) mass is 485 g/mol. The predicted molar refractivity (Wildman–Crippen MR) is 128 cm³/mol. The van der Waals surface area contributed by atoms with Crippen LogP contribution in [0.1, 0.15) is 37.3 Å². The molecule has 2 fully saturated rings. The second-order valence-corrected chi connectivity index (χ2v) is 8.89. The van der Waals surface area contributed by atoms with Crippen LogP contribution < -0.4 is 20.1 Å². The van der Waals surface area contributed by atoms with Crippen molar-refractivity contribution in [2.75, 3.05) is 45.8 Å². The van der Waals surface area contributed by atoms with E-state index in [1.54, 1.807) is 12.3 Å². The van der Waals surface area contributed by atoms with Crippen molar-refractivity contribution >= 4 is 16.9 Å². The summed E-state index contributed by atoms with van der Waals surface area (Å²) in [5, 5.41) is 7.37. The lowest BCUT2D eigenvalue weighted by Gasteiger charge is -2.25. The fourth-order valence-electron chi connectivity index (χ4n) is 4.79. The maximum atomic E-state index is 15.3. The van der Waals surface area contributed by atoms with Crippen LogP contribution in [-0.4, -0.2) is 61.5 Å². The van der Waals surface area contributed by atoms with Crippen molar-refractivity contribution < 1.29 is 23.0 Å². The van der Waals surface area contributed by atoms with Crippen molar-refractivity contribution in [3.05, 3.63) is 35.7 Å². The second kappa shape index (κ2) is 10.2. The molecule has 0 radical (unpaired) electrons. The van der Waals surface area contributed by atoms with Crippen molar-refractivity contribution in [2.24, 2.45) is 0 Å². The number of nitrogens with zero attached hydrogens (tertiary/aromatic N) is 3. The van der Waals surface area contributed by atoms with Gasteiger partial charge in [-0.1, -0.05) is 0 Å². The lowest BCUT2D eigenvalue weighted by Crippen LogP contribution is -2.30. The van der Waals surface area contributed by atoms with Gasteiger partial charge in [0.05, 0.1) is 49.3 Å². The van der Waals surface area contributed by atoms with Gasteiger partial charge < -0.3 is 24.8 Å². The lowest BCUT2D eigenvalue weighted by atomic mass is 9.92. The van der Waals surface area contributed by atoms with Crippen LogP contribution in [0.15, 0.2) is 18.3 Å². The first-order valence-electron chi connectivity index (χ1n) is 11.9. The zero-order valence-corrected chi connectivity index (χ0v) is 19.9. The highest BCUT2D eigenvalue weighted by molar-refractivity contribution is 5.86. The Hall–Kier alpha value is -3.11. The third-order valence-electron chi connectivity index (χ3n) is 6.64. The van der Waals surface area contributed by atoms with E-state index < -0.39 is 11.6 Å². The van der Waals surface area contributed by atoms with Gasteiger partial charge in [0.1, 0.15) is 0 Å². The number of rotatable bonds is 6. The summed E-state index contributed by atoms with van der Waals surface area (Å²) < 4.78 is 46.4. The number of hydrogen-bond donors (Lipinski definition) is 2. The van der Waals surface area contributed by atoms with Gasteiger partial charge >= 0.3 is 0 Å². The maximum absolute atomic E-state index is 15.3. The molecule has 1 aromatic carbocycles. The Morgan fingerprint density at radius 1 is 1.03 bits per heavy atom. The molecule has 0 bridgehead atoms. The highest BCUT2D eigenvalue weighted by Crippen LogP contribution is 2.39. The van der Waals surface area contributed by atoms with Gasteiger partial charge in [-0.15, -0.1) is 0 Å². The molecule has 10 heteroatoms. The highest BCUT2D eigenvalue weighted by Gasteiger charge is 2.27. The van der Waals surface area contributed by atoms with E-state index in [2.05, 4.69) is 15.6 Å². The van der Waals surface area contributed by atoms with Crippen LogP contribution in [0.5, 0.6) is 11.5 Å².